The maximum Gasteiger partial charge on any atom is 0.251 e. The number of hydrogen-bond acceptors (Lipinski definition) is 5. The number of carbonyl (C=O) groups is 1. The van der Waals surface area contributed by atoms with Crippen LogP contribution in [0.25, 0.3) is 0 Å². The van der Waals surface area contributed by atoms with Gasteiger partial charge in [0.25, 0.3) is 5.91 Å². The fourth-order valence-corrected chi connectivity index (χ4v) is 2.02. The van der Waals surface area contributed by atoms with E-state index in [9.17, 15) is 4.79 Å². The predicted molar refractivity (Wildman–Crippen MR) is 68.2 cm³/mol. The van der Waals surface area contributed by atoms with Gasteiger partial charge >= 0.3 is 0 Å². The van der Waals surface area contributed by atoms with Crippen LogP contribution < -0.4 is 11.2 Å². The van der Waals surface area contributed by atoms with Crippen LogP contribution in [0.15, 0.2) is 0 Å². The van der Waals surface area contributed by atoms with Gasteiger partial charge in [-0.15, -0.1) is 0 Å². The van der Waals surface area contributed by atoms with Crippen molar-refractivity contribution < 1.29 is 4.79 Å². The number of hydrogen-bond donors (Lipinski definition) is 2. The molecule has 0 aromatic rings. The smallest absolute Gasteiger partial charge is 0.251 e. The summed E-state index contributed by atoms with van der Waals surface area (Å²) in [6, 6.07) is -0.382. The van der Waals surface area contributed by atoms with Crippen molar-refractivity contribution >= 4 is 17.7 Å². The van der Waals surface area contributed by atoms with Crippen LogP contribution in [-0.2, 0) is 4.79 Å². The van der Waals surface area contributed by atoms with E-state index in [4.69, 9.17) is 5.73 Å². The Kier molecular flexibility index (Phi) is 6.12. The van der Waals surface area contributed by atoms with Crippen molar-refractivity contribution in [1.29, 1.82) is 0 Å². The quantitative estimate of drug-likeness (QED) is 0.675. The maximum atomic E-state index is 11.7. The lowest BCUT2D eigenvalue weighted by atomic mass is 10.2. The molecule has 1 saturated heterocycles. The minimum absolute atomic E-state index is 0.0568. The second kappa shape index (κ2) is 7.11. The van der Waals surface area contributed by atoms with E-state index in [-0.39, 0.29) is 11.9 Å². The Labute approximate surface area is 102 Å². The Bertz CT molecular complexity index is 219. The zero-order valence-corrected chi connectivity index (χ0v) is 10.9. The number of piperazine rings is 1. The first-order chi connectivity index (χ1) is 7.63. The Hall–Kier alpha value is -0.300. The van der Waals surface area contributed by atoms with Crippen molar-refractivity contribution in [1.82, 2.24) is 15.3 Å². The van der Waals surface area contributed by atoms with Crippen molar-refractivity contribution in [3.8, 4) is 0 Å². The fourth-order valence-electron chi connectivity index (χ4n) is 1.53. The zero-order valence-electron chi connectivity index (χ0n) is 10.1. The maximum absolute atomic E-state index is 11.7. The standard InChI is InChI=1S/C10H22N4OS/c1-13-4-6-14(7-5-13)12-10(15)9(11)3-8-16-2/h9H,3-8,11H2,1-2H3,(H,12,15)/t9-/m1/s1. The number of nitrogens with two attached hydrogens (primary N) is 1. The summed E-state index contributed by atoms with van der Waals surface area (Å²) < 4.78 is 0. The SMILES string of the molecule is CSCC[C@@H](N)C(=O)NN1CCN(C)CC1. The average molecular weight is 246 g/mol. The molecular formula is C10H22N4OS. The number of nitrogens with one attached hydrogen (secondary N) is 1. The summed E-state index contributed by atoms with van der Waals surface area (Å²) in [6.45, 7) is 3.72. The molecule has 0 unspecified atom stereocenters. The largest absolute Gasteiger partial charge is 0.320 e. The molecule has 1 atom stereocenters. The summed E-state index contributed by atoms with van der Waals surface area (Å²) >= 11 is 1.71. The molecule has 16 heavy (non-hydrogen) atoms. The van der Waals surface area contributed by atoms with Crippen LogP contribution in [0, 0.1) is 0 Å². The van der Waals surface area contributed by atoms with Crippen molar-refractivity contribution in [3.05, 3.63) is 0 Å². The highest BCUT2D eigenvalue weighted by Crippen LogP contribution is 2.00. The van der Waals surface area contributed by atoms with Gasteiger partial charge in [-0.1, -0.05) is 0 Å². The molecule has 1 amide bonds. The Balaban J connectivity index is 2.22. The van der Waals surface area contributed by atoms with Gasteiger partial charge in [-0.25, -0.2) is 5.01 Å². The van der Waals surface area contributed by atoms with Gasteiger partial charge in [-0.2, -0.15) is 11.8 Å². The second-order valence-corrected chi connectivity index (χ2v) is 5.14. The highest BCUT2D eigenvalue weighted by Gasteiger charge is 2.19. The number of nitrogens with zero attached hydrogens (tertiary/aromatic N) is 2. The molecule has 0 spiro atoms. The first-order valence-corrected chi connectivity index (χ1v) is 7.01. The van der Waals surface area contributed by atoms with E-state index in [1.165, 1.54) is 0 Å². The summed E-state index contributed by atoms with van der Waals surface area (Å²) in [7, 11) is 2.09. The minimum Gasteiger partial charge on any atom is -0.320 e. The summed E-state index contributed by atoms with van der Waals surface area (Å²) in [4.78, 5) is 13.9. The third-order valence-electron chi connectivity index (χ3n) is 2.74. The molecule has 1 aliphatic heterocycles. The number of hydrazine groups is 1. The van der Waals surface area contributed by atoms with E-state index in [0.29, 0.717) is 0 Å². The number of likely N-dealkylation sites (N-methyl/N-ethyl adjacent to an activating group) is 1. The van der Waals surface area contributed by atoms with Crippen LogP contribution in [0.4, 0.5) is 0 Å². The lowest BCUT2D eigenvalue weighted by Gasteiger charge is -2.32. The predicted octanol–water partition coefficient (Wildman–Crippen LogP) is -0.655. The number of carbonyl (C=O) groups excluding carboxylic acids is 1. The molecule has 3 N–H and O–H groups in total. The molecule has 0 radical (unpaired) electrons. The molecule has 0 aromatic heterocycles. The van der Waals surface area contributed by atoms with E-state index in [2.05, 4.69) is 17.4 Å². The van der Waals surface area contributed by atoms with E-state index in [0.717, 1.165) is 38.4 Å². The third kappa shape index (κ3) is 4.69. The fraction of sp³-hybridized carbons (Fsp3) is 0.900. The van der Waals surface area contributed by atoms with Crippen LogP contribution in [0.2, 0.25) is 0 Å². The highest BCUT2D eigenvalue weighted by molar-refractivity contribution is 7.98. The molecule has 0 aliphatic carbocycles. The van der Waals surface area contributed by atoms with Gasteiger partial charge in [-0.05, 0) is 25.5 Å². The first kappa shape index (κ1) is 13.8. The van der Waals surface area contributed by atoms with Crippen molar-refractivity contribution in [2.45, 2.75) is 12.5 Å². The van der Waals surface area contributed by atoms with Gasteiger partial charge in [0, 0.05) is 26.2 Å². The van der Waals surface area contributed by atoms with Crippen molar-refractivity contribution in [3.63, 3.8) is 0 Å². The summed E-state index contributed by atoms with van der Waals surface area (Å²) in [5.74, 6) is 0.871. The number of thioether (sulfide) groups is 1. The van der Waals surface area contributed by atoms with E-state index in [1.54, 1.807) is 11.8 Å². The molecule has 0 aromatic carbocycles. The first-order valence-electron chi connectivity index (χ1n) is 5.62. The average Bonchev–Trinajstić information content (AvgIpc) is 2.29. The van der Waals surface area contributed by atoms with E-state index < -0.39 is 0 Å². The highest BCUT2D eigenvalue weighted by atomic mass is 32.2. The van der Waals surface area contributed by atoms with Gasteiger partial charge in [0.1, 0.15) is 0 Å². The second-order valence-electron chi connectivity index (χ2n) is 4.15. The molecule has 1 rings (SSSR count). The summed E-state index contributed by atoms with van der Waals surface area (Å²) in [6.07, 6.45) is 2.76. The molecule has 6 heteroatoms. The molecule has 1 heterocycles. The summed E-state index contributed by atoms with van der Waals surface area (Å²) in [5, 5.41) is 1.96. The van der Waals surface area contributed by atoms with Gasteiger partial charge in [0.05, 0.1) is 6.04 Å². The number of amides is 1. The molecule has 0 bridgehead atoms. The zero-order chi connectivity index (χ0) is 12.0. The van der Waals surface area contributed by atoms with Crippen molar-refractivity contribution in [2.75, 3.05) is 45.2 Å². The van der Waals surface area contributed by atoms with E-state index >= 15 is 0 Å². The molecule has 1 fully saturated rings. The normalized spacial score (nSPS) is 20.7. The third-order valence-corrected chi connectivity index (χ3v) is 3.39. The van der Waals surface area contributed by atoms with Crippen molar-refractivity contribution in [2.24, 2.45) is 5.73 Å². The number of rotatable bonds is 5. The van der Waals surface area contributed by atoms with Crippen LogP contribution in [-0.4, -0.2) is 67.1 Å². The van der Waals surface area contributed by atoms with Crippen LogP contribution >= 0.6 is 11.8 Å². The molecule has 5 nitrogen and oxygen atoms in total. The molecule has 94 valence electrons. The lowest BCUT2D eigenvalue weighted by Crippen LogP contribution is -2.55. The minimum atomic E-state index is -0.382. The van der Waals surface area contributed by atoms with Gasteiger partial charge in [0.2, 0.25) is 0 Å². The molecule has 0 saturated carbocycles. The monoisotopic (exact) mass is 246 g/mol. The molecule has 1 aliphatic rings. The topological polar surface area (TPSA) is 61.6 Å². The van der Waals surface area contributed by atoms with E-state index in [1.807, 2.05) is 11.3 Å². The van der Waals surface area contributed by atoms with Gasteiger partial charge < -0.3 is 10.6 Å². The van der Waals surface area contributed by atoms with Crippen LogP contribution in [0.5, 0.6) is 0 Å². The Morgan fingerprint density at radius 2 is 2.06 bits per heavy atom. The summed E-state index contributed by atoms with van der Waals surface area (Å²) in [5.41, 5.74) is 8.67. The van der Waals surface area contributed by atoms with Gasteiger partial charge in [-0.3, -0.25) is 10.2 Å². The van der Waals surface area contributed by atoms with Gasteiger partial charge in [0.15, 0.2) is 0 Å². The lowest BCUT2D eigenvalue weighted by molar-refractivity contribution is -0.128. The van der Waals surface area contributed by atoms with Crippen LogP contribution in [0.1, 0.15) is 6.42 Å². The molecular weight excluding hydrogens is 224 g/mol. The van der Waals surface area contributed by atoms with Crippen LogP contribution in [0.3, 0.4) is 0 Å². The Morgan fingerprint density at radius 3 is 2.62 bits per heavy atom. The Morgan fingerprint density at radius 1 is 1.44 bits per heavy atom.